The van der Waals surface area contributed by atoms with Gasteiger partial charge in [0.2, 0.25) is 20.0 Å². The molecule has 1 fully saturated rings. The summed E-state index contributed by atoms with van der Waals surface area (Å²) in [4.78, 5) is 10.4. The standard InChI is InChI=1S/C10H20N2O6S2/c1-19(15,16)11-9-4-6-12(7-5-9)20(17,18)8-2-3-10(13)14/h9,11H,2-8H2,1H3,(H,13,14). The number of carbonyl (C=O) groups is 1. The van der Waals surface area contributed by atoms with Gasteiger partial charge in [0.05, 0.1) is 12.0 Å². The topological polar surface area (TPSA) is 121 Å². The molecule has 0 aromatic carbocycles. The molecule has 0 amide bonds. The van der Waals surface area contributed by atoms with Crippen LogP contribution < -0.4 is 4.72 Å². The maximum absolute atomic E-state index is 12.0. The normalized spacial score (nSPS) is 19.1. The summed E-state index contributed by atoms with van der Waals surface area (Å²) in [5, 5.41) is 8.49. The van der Waals surface area contributed by atoms with Crippen LogP contribution in [0.15, 0.2) is 0 Å². The lowest BCUT2D eigenvalue weighted by atomic mass is 10.1. The van der Waals surface area contributed by atoms with E-state index in [9.17, 15) is 21.6 Å². The summed E-state index contributed by atoms with van der Waals surface area (Å²) in [7, 11) is -6.74. The molecule has 2 N–H and O–H groups in total. The highest BCUT2D eigenvalue weighted by Crippen LogP contribution is 2.16. The molecule has 0 bridgehead atoms. The van der Waals surface area contributed by atoms with Crippen LogP contribution in [0.5, 0.6) is 0 Å². The van der Waals surface area contributed by atoms with Gasteiger partial charge < -0.3 is 5.11 Å². The Morgan fingerprint density at radius 3 is 2.25 bits per heavy atom. The van der Waals surface area contributed by atoms with Crippen LogP contribution >= 0.6 is 0 Å². The third-order valence-corrected chi connectivity index (χ3v) is 5.74. The molecule has 0 unspecified atom stereocenters. The van der Waals surface area contributed by atoms with Crippen molar-refractivity contribution in [2.24, 2.45) is 0 Å². The van der Waals surface area contributed by atoms with Crippen molar-refractivity contribution in [3.05, 3.63) is 0 Å². The summed E-state index contributed by atoms with van der Waals surface area (Å²) >= 11 is 0. The van der Waals surface area contributed by atoms with Crippen LogP contribution in [0.3, 0.4) is 0 Å². The van der Waals surface area contributed by atoms with E-state index in [0.29, 0.717) is 12.8 Å². The first-order valence-corrected chi connectivity index (χ1v) is 9.77. The summed E-state index contributed by atoms with van der Waals surface area (Å²) in [5.74, 6) is -1.21. The number of aliphatic carboxylic acids is 1. The number of nitrogens with zero attached hydrogens (tertiary/aromatic N) is 1. The Bertz CT molecular complexity index is 534. The molecule has 0 saturated carbocycles. The smallest absolute Gasteiger partial charge is 0.303 e. The number of nitrogens with one attached hydrogen (secondary N) is 1. The van der Waals surface area contributed by atoms with Crippen molar-refractivity contribution in [3.8, 4) is 0 Å². The van der Waals surface area contributed by atoms with Crippen LogP contribution in [0.25, 0.3) is 0 Å². The van der Waals surface area contributed by atoms with Crippen molar-refractivity contribution >= 4 is 26.0 Å². The van der Waals surface area contributed by atoms with Crippen molar-refractivity contribution in [1.29, 1.82) is 0 Å². The largest absolute Gasteiger partial charge is 0.481 e. The zero-order chi connectivity index (χ0) is 15.4. The first-order chi connectivity index (χ1) is 9.10. The Balaban J connectivity index is 2.45. The van der Waals surface area contributed by atoms with Crippen LogP contribution in [0.1, 0.15) is 25.7 Å². The van der Waals surface area contributed by atoms with E-state index >= 15 is 0 Å². The molecule has 8 nitrogen and oxygen atoms in total. The molecule has 0 aromatic rings. The van der Waals surface area contributed by atoms with Crippen LogP contribution in [0.4, 0.5) is 0 Å². The molecule has 118 valence electrons. The summed E-state index contributed by atoms with van der Waals surface area (Å²) in [6.45, 7) is 0.505. The quantitative estimate of drug-likeness (QED) is 0.631. The second kappa shape index (κ2) is 6.83. The molecule has 1 saturated heterocycles. The van der Waals surface area contributed by atoms with Crippen LogP contribution in [-0.2, 0) is 24.8 Å². The van der Waals surface area contributed by atoms with Crippen LogP contribution in [0.2, 0.25) is 0 Å². The molecule has 1 rings (SSSR count). The first-order valence-electron chi connectivity index (χ1n) is 6.27. The summed E-state index contributed by atoms with van der Waals surface area (Å²) < 4.78 is 49.8. The second-order valence-electron chi connectivity index (χ2n) is 4.88. The number of sulfonamides is 2. The highest BCUT2D eigenvalue weighted by Gasteiger charge is 2.28. The van der Waals surface area contributed by atoms with Gasteiger partial charge in [0, 0.05) is 25.6 Å². The van der Waals surface area contributed by atoms with Gasteiger partial charge >= 0.3 is 5.97 Å². The highest BCUT2D eigenvalue weighted by molar-refractivity contribution is 7.89. The van der Waals surface area contributed by atoms with Crippen molar-refractivity contribution in [3.63, 3.8) is 0 Å². The molecule has 1 aliphatic heterocycles. The lowest BCUT2D eigenvalue weighted by Crippen LogP contribution is -2.46. The molecular formula is C10H20N2O6S2. The Labute approximate surface area is 119 Å². The van der Waals surface area contributed by atoms with Crippen molar-refractivity contribution < 1.29 is 26.7 Å². The Hall–Kier alpha value is -0.710. The molecule has 0 spiro atoms. The summed E-state index contributed by atoms with van der Waals surface area (Å²) in [6.07, 6.45) is 1.82. The van der Waals surface area contributed by atoms with Gasteiger partial charge in [-0.15, -0.1) is 0 Å². The van der Waals surface area contributed by atoms with Crippen LogP contribution in [-0.4, -0.2) is 63.4 Å². The van der Waals surface area contributed by atoms with Crippen molar-refractivity contribution in [2.75, 3.05) is 25.1 Å². The van der Waals surface area contributed by atoms with E-state index in [1.165, 1.54) is 4.31 Å². The summed E-state index contributed by atoms with van der Waals surface area (Å²) in [6, 6.07) is -0.240. The van der Waals surface area contributed by atoms with E-state index < -0.39 is 26.0 Å². The predicted octanol–water partition coefficient (Wildman–Crippen LogP) is -0.805. The van der Waals surface area contributed by atoms with E-state index in [-0.39, 0.29) is 37.7 Å². The number of piperidine rings is 1. The van der Waals surface area contributed by atoms with E-state index in [4.69, 9.17) is 5.11 Å². The van der Waals surface area contributed by atoms with Gasteiger partial charge in [0.15, 0.2) is 0 Å². The van der Waals surface area contributed by atoms with E-state index in [1.54, 1.807) is 0 Å². The zero-order valence-corrected chi connectivity index (χ0v) is 12.9. The van der Waals surface area contributed by atoms with Gasteiger partial charge in [-0.05, 0) is 19.3 Å². The van der Waals surface area contributed by atoms with Crippen molar-refractivity contribution in [2.45, 2.75) is 31.7 Å². The lowest BCUT2D eigenvalue weighted by molar-refractivity contribution is -0.137. The maximum atomic E-state index is 12.0. The minimum Gasteiger partial charge on any atom is -0.481 e. The Kier molecular flexibility index (Phi) is 5.92. The van der Waals surface area contributed by atoms with Gasteiger partial charge in [0.1, 0.15) is 0 Å². The average molecular weight is 328 g/mol. The Morgan fingerprint density at radius 1 is 1.25 bits per heavy atom. The van der Waals surface area contributed by atoms with E-state index in [2.05, 4.69) is 4.72 Å². The molecule has 1 aliphatic rings. The predicted molar refractivity (Wildman–Crippen MR) is 73.2 cm³/mol. The number of carboxylic acid groups (broad SMARTS) is 1. The minimum atomic E-state index is -3.45. The third kappa shape index (κ3) is 6.16. The van der Waals surface area contributed by atoms with Crippen LogP contribution in [0, 0.1) is 0 Å². The molecule has 1 heterocycles. The number of hydrogen-bond donors (Lipinski definition) is 2. The SMILES string of the molecule is CS(=O)(=O)NC1CCN(S(=O)(=O)CCCC(=O)O)CC1. The molecule has 0 aromatic heterocycles. The van der Waals surface area contributed by atoms with Gasteiger partial charge in [0.25, 0.3) is 0 Å². The Morgan fingerprint density at radius 2 is 1.80 bits per heavy atom. The summed E-state index contributed by atoms with van der Waals surface area (Å²) in [5.41, 5.74) is 0. The molecule has 10 heteroatoms. The van der Waals surface area contributed by atoms with E-state index in [1.807, 2.05) is 0 Å². The fourth-order valence-corrected chi connectivity index (χ4v) is 4.47. The monoisotopic (exact) mass is 328 g/mol. The number of hydrogen-bond acceptors (Lipinski definition) is 5. The van der Waals surface area contributed by atoms with Gasteiger partial charge in [-0.25, -0.2) is 25.9 Å². The molecule has 20 heavy (non-hydrogen) atoms. The maximum Gasteiger partial charge on any atom is 0.303 e. The average Bonchev–Trinajstić information content (AvgIpc) is 2.26. The lowest BCUT2D eigenvalue weighted by Gasteiger charge is -2.31. The van der Waals surface area contributed by atoms with Gasteiger partial charge in [-0.1, -0.05) is 0 Å². The fraction of sp³-hybridized carbons (Fsp3) is 0.900. The minimum absolute atomic E-state index is 0.0825. The third-order valence-electron chi connectivity index (χ3n) is 3.02. The number of rotatable bonds is 7. The van der Waals surface area contributed by atoms with Gasteiger partial charge in [-0.2, -0.15) is 0 Å². The molecular weight excluding hydrogens is 308 g/mol. The van der Waals surface area contributed by atoms with Crippen molar-refractivity contribution in [1.82, 2.24) is 9.03 Å². The fourth-order valence-electron chi connectivity index (χ4n) is 2.09. The van der Waals surface area contributed by atoms with E-state index in [0.717, 1.165) is 6.26 Å². The molecule has 0 atom stereocenters. The highest BCUT2D eigenvalue weighted by atomic mass is 32.2. The molecule has 0 aliphatic carbocycles. The number of carboxylic acids is 1. The molecule has 0 radical (unpaired) electrons. The second-order valence-corrected chi connectivity index (χ2v) is 8.75. The zero-order valence-electron chi connectivity index (χ0n) is 11.3. The first kappa shape index (κ1) is 17.3. The van der Waals surface area contributed by atoms with Gasteiger partial charge in [-0.3, -0.25) is 4.79 Å².